The number of hydrogen-bond acceptors (Lipinski definition) is 3. The Kier molecular flexibility index (Phi) is 3.26. The second-order valence-electron chi connectivity index (χ2n) is 4.34. The summed E-state index contributed by atoms with van der Waals surface area (Å²) in [6, 6.07) is 1.83. The van der Waals surface area contributed by atoms with Gasteiger partial charge in [0.05, 0.1) is 0 Å². The van der Waals surface area contributed by atoms with E-state index in [-0.39, 0.29) is 22.4 Å². The summed E-state index contributed by atoms with van der Waals surface area (Å²) in [6.07, 6.45) is 2.14. The molecule has 88 valence electrons. The molecule has 0 aliphatic carbocycles. The summed E-state index contributed by atoms with van der Waals surface area (Å²) in [5.41, 5.74) is 1.55. The lowest BCUT2D eigenvalue weighted by Crippen LogP contribution is -2.28. The molecule has 1 heterocycles. The van der Waals surface area contributed by atoms with Crippen LogP contribution in [0.2, 0.25) is 5.02 Å². The fraction of sp³-hybridized carbons (Fsp3) is 0.500. The van der Waals surface area contributed by atoms with Crippen LogP contribution in [0.25, 0.3) is 0 Å². The van der Waals surface area contributed by atoms with Crippen molar-refractivity contribution in [2.45, 2.75) is 25.7 Å². The minimum Gasteiger partial charge on any atom is -0.506 e. The lowest BCUT2D eigenvalue weighted by Gasteiger charge is -2.24. The van der Waals surface area contributed by atoms with E-state index < -0.39 is 0 Å². The predicted octanol–water partition coefficient (Wildman–Crippen LogP) is 2.53. The SMILES string of the molecule is Cc1cc(C2CCCNC2)c(O)c(Cl)c1O. The van der Waals surface area contributed by atoms with E-state index in [0.29, 0.717) is 5.56 Å². The molecule has 1 fully saturated rings. The van der Waals surface area contributed by atoms with E-state index >= 15 is 0 Å². The van der Waals surface area contributed by atoms with Crippen molar-refractivity contribution in [1.29, 1.82) is 0 Å². The molecule has 0 bridgehead atoms. The van der Waals surface area contributed by atoms with Gasteiger partial charge in [-0.2, -0.15) is 0 Å². The number of rotatable bonds is 1. The van der Waals surface area contributed by atoms with Gasteiger partial charge in [0, 0.05) is 18.0 Å². The van der Waals surface area contributed by atoms with Gasteiger partial charge in [-0.15, -0.1) is 0 Å². The van der Waals surface area contributed by atoms with Crippen LogP contribution in [0.4, 0.5) is 0 Å². The first-order chi connectivity index (χ1) is 7.61. The van der Waals surface area contributed by atoms with E-state index in [2.05, 4.69) is 5.32 Å². The third-order valence-corrected chi connectivity index (χ3v) is 3.53. The summed E-state index contributed by atoms with van der Waals surface area (Å²) in [4.78, 5) is 0. The van der Waals surface area contributed by atoms with Crippen LogP contribution in [0.1, 0.15) is 29.9 Å². The highest BCUT2D eigenvalue weighted by molar-refractivity contribution is 6.33. The van der Waals surface area contributed by atoms with Crippen molar-refractivity contribution in [3.63, 3.8) is 0 Å². The van der Waals surface area contributed by atoms with Crippen molar-refractivity contribution in [1.82, 2.24) is 5.32 Å². The summed E-state index contributed by atoms with van der Waals surface area (Å²) in [7, 11) is 0. The first kappa shape index (κ1) is 11.6. The molecular weight excluding hydrogens is 226 g/mol. The van der Waals surface area contributed by atoms with Gasteiger partial charge in [0.1, 0.15) is 16.5 Å². The van der Waals surface area contributed by atoms with Crippen LogP contribution in [0.3, 0.4) is 0 Å². The van der Waals surface area contributed by atoms with Crippen molar-refractivity contribution in [2.75, 3.05) is 13.1 Å². The molecule has 2 rings (SSSR count). The minimum atomic E-state index is -0.0216. The fourth-order valence-corrected chi connectivity index (χ4v) is 2.47. The van der Waals surface area contributed by atoms with Crippen LogP contribution < -0.4 is 5.32 Å². The number of hydrogen-bond donors (Lipinski definition) is 3. The third-order valence-electron chi connectivity index (χ3n) is 3.17. The summed E-state index contributed by atoms with van der Waals surface area (Å²) < 4.78 is 0. The van der Waals surface area contributed by atoms with Crippen LogP contribution in [-0.2, 0) is 0 Å². The van der Waals surface area contributed by atoms with Gasteiger partial charge in [-0.1, -0.05) is 11.6 Å². The average Bonchev–Trinajstić information content (AvgIpc) is 2.32. The zero-order valence-electron chi connectivity index (χ0n) is 9.26. The smallest absolute Gasteiger partial charge is 0.141 e. The van der Waals surface area contributed by atoms with Gasteiger partial charge in [-0.05, 0) is 37.9 Å². The first-order valence-electron chi connectivity index (χ1n) is 5.53. The van der Waals surface area contributed by atoms with Crippen molar-refractivity contribution in [3.8, 4) is 11.5 Å². The maximum absolute atomic E-state index is 9.94. The van der Waals surface area contributed by atoms with Crippen LogP contribution in [0.15, 0.2) is 6.07 Å². The van der Waals surface area contributed by atoms with Gasteiger partial charge in [0.25, 0.3) is 0 Å². The van der Waals surface area contributed by atoms with Gasteiger partial charge in [0.15, 0.2) is 0 Å². The predicted molar refractivity (Wildman–Crippen MR) is 64.4 cm³/mol. The highest BCUT2D eigenvalue weighted by atomic mass is 35.5. The highest BCUT2D eigenvalue weighted by Gasteiger charge is 2.22. The van der Waals surface area contributed by atoms with Crippen LogP contribution in [0.5, 0.6) is 11.5 Å². The maximum Gasteiger partial charge on any atom is 0.141 e. The quantitative estimate of drug-likeness (QED) is 0.708. The molecule has 1 aromatic rings. The van der Waals surface area contributed by atoms with Gasteiger partial charge >= 0.3 is 0 Å². The summed E-state index contributed by atoms with van der Waals surface area (Å²) in [5, 5.41) is 22.9. The van der Waals surface area contributed by atoms with Crippen molar-refractivity contribution < 1.29 is 10.2 Å². The number of piperidine rings is 1. The maximum atomic E-state index is 9.94. The van der Waals surface area contributed by atoms with Crippen LogP contribution in [0, 0.1) is 6.92 Å². The molecule has 16 heavy (non-hydrogen) atoms. The molecule has 0 spiro atoms. The number of halogens is 1. The highest BCUT2D eigenvalue weighted by Crippen LogP contribution is 2.42. The fourth-order valence-electron chi connectivity index (χ4n) is 2.21. The Morgan fingerprint density at radius 1 is 1.38 bits per heavy atom. The molecule has 0 aromatic heterocycles. The van der Waals surface area contributed by atoms with Gasteiger partial charge in [-0.25, -0.2) is 0 Å². The van der Waals surface area contributed by atoms with Gasteiger partial charge in [-0.3, -0.25) is 0 Å². The number of phenols is 2. The van der Waals surface area contributed by atoms with E-state index in [1.165, 1.54) is 0 Å². The summed E-state index contributed by atoms with van der Waals surface area (Å²) in [6.45, 7) is 3.68. The number of aromatic hydroxyl groups is 2. The molecule has 0 saturated carbocycles. The average molecular weight is 242 g/mol. The molecule has 1 atom stereocenters. The zero-order chi connectivity index (χ0) is 11.7. The van der Waals surface area contributed by atoms with E-state index in [9.17, 15) is 10.2 Å². The molecular formula is C12H16ClNO2. The topological polar surface area (TPSA) is 52.5 Å². The summed E-state index contributed by atoms with van der Waals surface area (Å²) in [5.74, 6) is 0.288. The van der Waals surface area contributed by atoms with Crippen LogP contribution >= 0.6 is 11.6 Å². The van der Waals surface area contributed by atoms with Crippen molar-refractivity contribution in [2.24, 2.45) is 0 Å². The van der Waals surface area contributed by atoms with E-state index in [4.69, 9.17) is 11.6 Å². The number of benzene rings is 1. The number of nitrogens with one attached hydrogen (secondary N) is 1. The largest absolute Gasteiger partial charge is 0.506 e. The first-order valence-corrected chi connectivity index (χ1v) is 5.90. The van der Waals surface area contributed by atoms with E-state index in [0.717, 1.165) is 31.5 Å². The molecule has 3 nitrogen and oxygen atoms in total. The van der Waals surface area contributed by atoms with Gasteiger partial charge < -0.3 is 15.5 Å². The molecule has 0 radical (unpaired) electrons. The Morgan fingerprint density at radius 2 is 2.12 bits per heavy atom. The Morgan fingerprint density at radius 3 is 2.75 bits per heavy atom. The number of phenolic OH excluding ortho intramolecular Hbond substituents is 2. The lowest BCUT2D eigenvalue weighted by atomic mass is 9.90. The molecule has 1 aromatic carbocycles. The Hall–Kier alpha value is -0.930. The van der Waals surface area contributed by atoms with E-state index in [1.54, 1.807) is 6.92 Å². The minimum absolute atomic E-state index is 0.0216. The second kappa shape index (κ2) is 4.52. The third kappa shape index (κ3) is 1.97. The molecule has 1 unspecified atom stereocenters. The second-order valence-corrected chi connectivity index (χ2v) is 4.72. The van der Waals surface area contributed by atoms with Crippen molar-refractivity contribution in [3.05, 3.63) is 22.2 Å². The standard InChI is InChI=1S/C12H16ClNO2/c1-7-5-9(8-3-2-4-14-6-8)12(16)10(13)11(7)15/h5,8,14-16H,2-4,6H2,1H3. The Balaban J connectivity index is 2.40. The monoisotopic (exact) mass is 241 g/mol. The Labute approximate surface area is 100 Å². The summed E-state index contributed by atoms with van der Waals surface area (Å²) >= 11 is 5.89. The van der Waals surface area contributed by atoms with E-state index in [1.807, 2.05) is 6.07 Å². The zero-order valence-corrected chi connectivity index (χ0v) is 10.0. The molecule has 1 aliphatic heterocycles. The molecule has 1 saturated heterocycles. The van der Waals surface area contributed by atoms with Gasteiger partial charge in [0.2, 0.25) is 0 Å². The van der Waals surface area contributed by atoms with Crippen molar-refractivity contribution >= 4 is 11.6 Å². The number of aryl methyl sites for hydroxylation is 1. The molecule has 4 heteroatoms. The molecule has 0 amide bonds. The molecule has 1 aliphatic rings. The lowest BCUT2D eigenvalue weighted by molar-refractivity contribution is 0.417. The Bertz CT molecular complexity index is 400. The van der Waals surface area contributed by atoms with Crippen LogP contribution in [-0.4, -0.2) is 23.3 Å². The molecule has 3 N–H and O–H groups in total. The normalized spacial score (nSPS) is 21.0.